The van der Waals surface area contributed by atoms with E-state index in [-0.39, 0.29) is 15.5 Å². The zero-order valence-electron chi connectivity index (χ0n) is 14.0. The van der Waals surface area contributed by atoms with E-state index in [0.717, 1.165) is 6.07 Å². The van der Waals surface area contributed by atoms with Gasteiger partial charge >= 0.3 is 5.97 Å². The Labute approximate surface area is 156 Å². The van der Waals surface area contributed by atoms with Crippen molar-refractivity contribution < 1.29 is 22.7 Å². The molecule has 9 heteroatoms. The second-order valence-electron chi connectivity index (χ2n) is 5.26. The molecule has 0 fully saturated rings. The van der Waals surface area contributed by atoms with Crippen LogP contribution in [-0.2, 0) is 19.6 Å². The highest BCUT2D eigenvalue weighted by atomic mass is 35.5. The molecule has 2 aromatic carbocycles. The third kappa shape index (κ3) is 4.81. The normalized spacial score (nSPS) is 12.3. The fraction of sp³-hybridized carbons (Fsp3) is 0.176. The Morgan fingerprint density at radius 2 is 1.77 bits per heavy atom. The average molecular weight is 397 g/mol. The minimum Gasteiger partial charge on any atom is -0.449 e. The molecular formula is C17H17ClN2O5S. The first-order chi connectivity index (χ1) is 12.2. The van der Waals surface area contributed by atoms with E-state index >= 15 is 0 Å². The van der Waals surface area contributed by atoms with Gasteiger partial charge in [0.15, 0.2) is 6.10 Å². The van der Waals surface area contributed by atoms with Gasteiger partial charge in [0, 0.05) is 5.69 Å². The number of esters is 1. The van der Waals surface area contributed by atoms with E-state index in [1.807, 2.05) is 0 Å². The van der Waals surface area contributed by atoms with Crippen molar-refractivity contribution >= 4 is 39.2 Å². The van der Waals surface area contributed by atoms with Crippen LogP contribution in [0.2, 0.25) is 5.02 Å². The van der Waals surface area contributed by atoms with Crippen LogP contribution in [0.4, 0.5) is 5.69 Å². The number of hydrogen-bond acceptors (Lipinski definition) is 5. The van der Waals surface area contributed by atoms with Gasteiger partial charge in [-0.15, -0.1) is 0 Å². The van der Waals surface area contributed by atoms with Gasteiger partial charge in [-0.05, 0) is 44.3 Å². The summed E-state index contributed by atoms with van der Waals surface area (Å²) in [7, 11) is -2.61. The first-order valence-electron chi connectivity index (χ1n) is 7.54. The number of anilines is 1. The second-order valence-corrected chi connectivity index (χ2v) is 7.52. The van der Waals surface area contributed by atoms with Gasteiger partial charge in [0.2, 0.25) is 10.0 Å². The number of nitrogens with one attached hydrogen (secondary N) is 2. The summed E-state index contributed by atoms with van der Waals surface area (Å²) in [5.74, 6) is -1.36. The Kier molecular flexibility index (Phi) is 6.36. The maximum atomic E-state index is 12.2. The summed E-state index contributed by atoms with van der Waals surface area (Å²) in [4.78, 5) is 24.1. The lowest BCUT2D eigenvalue weighted by atomic mass is 10.2. The Hall–Kier alpha value is -2.42. The summed E-state index contributed by atoms with van der Waals surface area (Å²) >= 11 is 5.88. The summed E-state index contributed by atoms with van der Waals surface area (Å²) in [6.07, 6.45) is -1.08. The Balaban J connectivity index is 2.12. The molecule has 0 spiro atoms. The van der Waals surface area contributed by atoms with Crippen LogP contribution < -0.4 is 10.0 Å². The molecule has 1 atom stereocenters. The van der Waals surface area contributed by atoms with Crippen molar-refractivity contribution in [3.63, 3.8) is 0 Å². The summed E-state index contributed by atoms with van der Waals surface area (Å²) in [6.45, 7) is 1.41. The minimum atomic E-state index is -3.84. The van der Waals surface area contributed by atoms with E-state index < -0.39 is 28.0 Å². The fourth-order valence-electron chi connectivity index (χ4n) is 1.99. The van der Waals surface area contributed by atoms with Crippen molar-refractivity contribution in [1.29, 1.82) is 0 Å². The topological polar surface area (TPSA) is 102 Å². The molecule has 0 saturated carbocycles. The fourth-order valence-corrected chi connectivity index (χ4v) is 3.24. The van der Waals surface area contributed by atoms with E-state index in [1.165, 1.54) is 26.1 Å². The number of ether oxygens (including phenoxy) is 1. The molecule has 0 unspecified atom stereocenters. The summed E-state index contributed by atoms with van der Waals surface area (Å²) in [6, 6.07) is 12.4. The number of rotatable bonds is 6. The van der Waals surface area contributed by atoms with Gasteiger partial charge in [0.25, 0.3) is 5.91 Å². The Bertz CT molecular complexity index is 916. The van der Waals surface area contributed by atoms with Crippen LogP contribution in [0, 0.1) is 0 Å². The number of sulfonamides is 1. The number of benzene rings is 2. The molecule has 0 aliphatic heterocycles. The summed E-state index contributed by atoms with van der Waals surface area (Å²) < 4.78 is 31.1. The number of para-hydroxylation sites is 1. The first kappa shape index (κ1) is 19.9. The maximum Gasteiger partial charge on any atom is 0.338 e. The largest absolute Gasteiger partial charge is 0.449 e. The predicted molar refractivity (Wildman–Crippen MR) is 97.6 cm³/mol. The number of hydrogen-bond donors (Lipinski definition) is 2. The van der Waals surface area contributed by atoms with Gasteiger partial charge in [-0.1, -0.05) is 29.8 Å². The minimum absolute atomic E-state index is 0.0363. The van der Waals surface area contributed by atoms with Gasteiger partial charge < -0.3 is 10.1 Å². The quantitative estimate of drug-likeness (QED) is 0.730. The summed E-state index contributed by atoms with van der Waals surface area (Å²) in [5, 5.41) is 2.57. The Morgan fingerprint density at radius 1 is 1.12 bits per heavy atom. The molecule has 26 heavy (non-hydrogen) atoms. The highest BCUT2D eigenvalue weighted by molar-refractivity contribution is 7.89. The molecule has 2 N–H and O–H groups in total. The van der Waals surface area contributed by atoms with E-state index in [1.54, 1.807) is 30.3 Å². The molecule has 0 saturated heterocycles. The smallest absolute Gasteiger partial charge is 0.338 e. The third-order valence-electron chi connectivity index (χ3n) is 3.42. The van der Waals surface area contributed by atoms with Crippen molar-refractivity contribution in [3.8, 4) is 0 Å². The van der Waals surface area contributed by atoms with Crippen LogP contribution >= 0.6 is 11.6 Å². The monoisotopic (exact) mass is 396 g/mol. The van der Waals surface area contributed by atoms with Crippen molar-refractivity contribution in [1.82, 2.24) is 4.72 Å². The molecule has 7 nitrogen and oxygen atoms in total. The highest BCUT2D eigenvalue weighted by Gasteiger charge is 2.22. The molecule has 0 bridgehead atoms. The molecule has 138 valence electrons. The number of halogens is 1. The molecule has 0 aliphatic carbocycles. The standard InChI is InChI=1S/C17H17ClN2O5S/c1-11(16(21)20-13-6-4-3-5-7-13)25-17(22)12-8-9-14(18)15(10-12)26(23,24)19-2/h3-11,19H,1-2H3,(H,20,21)/t11-/m1/s1. The number of amides is 1. The van der Waals surface area contributed by atoms with Crippen LogP contribution in [0.15, 0.2) is 53.4 Å². The first-order valence-corrected chi connectivity index (χ1v) is 9.40. The summed E-state index contributed by atoms with van der Waals surface area (Å²) in [5.41, 5.74) is 0.525. The molecule has 2 aromatic rings. The van der Waals surface area contributed by atoms with Crippen molar-refractivity contribution in [2.75, 3.05) is 12.4 Å². The van der Waals surface area contributed by atoms with Crippen molar-refractivity contribution in [2.24, 2.45) is 0 Å². The van der Waals surface area contributed by atoms with Crippen LogP contribution in [0.25, 0.3) is 0 Å². The lowest BCUT2D eigenvalue weighted by molar-refractivity contribution is -0.123. The van der Waals surface area contributed by atoms with Gasteiger partial charge in [-0.3, -0.25) is 4.79 Å². The molecule has 0 aromatic heterocycles. The zero-order chi connectivity index (χ0) is 19.3. The van der Waals surface area contributed by atoms with Crippen LogP contribution in [0.3, 0.4) is 0 Å². The molecule has 0 radical (unpaired) electrons. The lowest BCUT2D eigenvalue weighted by Crippen LogP contribution is -2.30. The maximum absolute atomic E-state index is 12.2. The average Bonchev–Trinajstić information content (AvgIpc) is 2.62. The molecule has 2 rings (SSSR count). The van der Waals surface area contributed by atoms with E-state index in [2.05, 4.69) is 10.0 Å². The molecule has 0 aliphatic rings. The highest BCUT2D eigenvalue weighted by Crippen LogP contribution is 2.23. The van der Waals surface area contributed by atoms with Crippen LogP contribution in [0.1, 0.15) is 17.3 Å². The van der Waals surface area contributed by atoms with Gasteiger partial charge in [-0.25, -0.2) is 17.9 Å². The molecule has 1 amide bonds. The van der Waals surface area contributed by atoms with E-state index in [0.29, 0.717) is 5.69 Å². The number of carbonyl (C=O) groups excluding carboxylic acids is 2. The van der Waals surface area contributed by atoms with E-state index in [4.69, 9.17) is 16.3 Å². The Morgan fingerprint density at radius 3 is 2.38 bits per heavy atom. The van der Waals surface area contributed by atoms with Crippen molar-refractivity contribution in [2.45, 2.75) is 17.9 Å². The molecular weight excluding hydrogens is 380 g/mol. The zero-order valence-corrected chi connectivity index (χ0v) is 15.6. The third-order valence-corrected chi connectivity index (χ3v) is 5.32. The van der Waals surface area contributed by atoms with Crippen molar-refractivity contribution in [3.05, 3.63) is 59.1 Å². The molecule has 0 heterocycles. The number of carbonyl (C=O) groups is 2. The second kappa shape index (κ2) is 8.31. The van der Waals surface area contributed by atoms with Gasteiger partial charge in [0.1, 0.15) is 4.90 Å². The predicted octanol–water partition coefficient (Wildman–Crippen LogP) is 2.43. The van der Waals surface area contributed by atoms with Crippen LogP contribution in [-0.4, -0.2) is 33.4 Å². The lowest BCUT2D eigenvalue weighted by Gasteiger charge is -2.14. The van der Waals surface area contributed by atoms with E-state index in [9.17, 15) is 18.0 Å². The van der Waals surface area contributed by atoms with Gasteiger partial charge in [-0.2, -0.15) is 0 Å². The van der Waals surface area contributed by atoms with Crippen LogP contribution in [0.5, 0.6) is 0 Å². The SMILES string of the molecule is CNS(=O)(=O)c1cc(C(=O)O[C@H](C)C(=O)Nc2ccccc2)ccc1Cl. The van der Waals surface area contributed by atoms with Gasteiger partial charge in [0.05, 0.1) is 10.6 Å².